The maximum atomic E-state index is 13.1. The second-order valence-electron chi connectivity index (χ2n) is 5.42. The van der Waals surface area contributed by atoms with Gasteiger partial charge in [-0.3, -0.25) is 4.79 Å². The summed E-state index contributed by atoms with van der Waals surface area (Å²) in [7, 11) is 0. The minimum absolute atomic E-state index is 0.0352. The van der Waals surface area contributed by atoms with Crippen LogP contribution in [0.2, 0.25) is 0 Å². The van der Waals surface area contributed by atoms with Gasteiger partial charge in [-0.15, -0.1) is 0 Å². The molecule has 1 aliphatic rings. The Morgan fingerprint density at radius 1 is 1.35 bits per heavy atom. The standard InChI is InChI=1S/C17H17FN2O3/c18-12-3-1-5-14(9-12)23-15-6-7-16(19-10-15)17(22)20-8-2-4-13(20)11-21/h1,3,5-7,9-10,13,21H,2,4,8,11H2/t13-/m0/s1. The maximum absolute atomic E-state index is 13.1. The minimum atomic E-state index is -0.383. The number of aromatic nitrogens is 1. The molecule has 1 saturated heterocycles. The molecule has 0 saturated carbocycles. The van der Waals surface area contributed by atoms with Crippen molar-refractivity contribution in [1.29, 1.82) is 0 Å². The second kappa shape index (κ2) is 6.75. The lowest BCUT2D eigenvalue weighted by Gasteiger charge is -2.22. The Hall–Kier alpha value is -2.47. The molecule has 0 aliphatic carbocycles. The first-order valence-electron chi connectivity index (χ1n) is 7.48. The predicted molar refractivity (Wildman–Crippen MR) is 81.9 cm³/mol. The first kappa shape index (κ1) is 15.4. The van der Waals surface area contributed by atoms with E-state index in [-0.39, 0.29) is 24.4 Å². The van der Waals surface area contributed by atoms with Gasteiger partial charge in [0.05, 0.1) is 18.8 Å². The molecule has 1 aromatic heterocycles. The molecule has 2 aromatic rings. The van der Waals surface area contributed by atoms with Crippen LogP contribution in [0.3, 0.4) is 0 Å². The van der Waals surface area contributed by atoms with E-state index >= 15 is 0 Å². The fourth-order valence-corrected chi connectivity index (χ4v) is 2.67. The average molecular weight is 316 g/mol. The highest BCUT2D eigenvalue weighted by Crippen LogP contribution is 2.23. The molecule has 0 radical (unpaired) electrons. The quantitative estimate of drug-likeness (QED) is 0.942. The van der Waals surface area contributed by atoms with Gasteiger partial charge in [-0.25, -0.2) is 9.37 Å². The fourth-order valence-electron chi connectivity index (χ4n) is 2.67. The topological polar surface area (TPSA) is 62.7 Å². The monoisotopic (exact) mass is 316 g/mol. The van der Waals surface area contributed by atoms with E-state index in [1.807, 2.05) is 0 Å². The van der Waals surface area contributed by atoms with Crippen LogP contribution in [-0.4, -0.2) is 40.1 Å². The van der Waals surface area contributed by atoms with Crippen LogP contribution in [0.5, 0.6) is 11.5 Å². The number of likely N-dealkylation sites (tertiary alicyclic amines) is 1. The van der Waals surface area contributed by atoms with Gasteiger partial charge >= 0.3 is 0 Å². The molecule has 0 bridgehead atoms. The molecular weight excluding hydrogens is 299 g/mol. The van der Waals surface area contributed by atoms with Crippen molar-refractivity contribution in [2.45, 2.75) is 18.9 Å². The van der Waals surface area contributed by atoms with Crippen molar-refractivity contribution < 1.29 is 19.0 Å². The van der Waals surface area contributed by atoms with E-state index in [2.05, 4.69) is 4.98 Å². The Morgan fingerprint density at radius 3 is 2.91 bits per heavy atom. The highest BCUT2D eigenvalue weighted by atomic mass is 19.1. The van der Waals surface area contributed by atoms with Crippen molar-refractivity contribution in [1.82, 2.24) is 9.88 Å². The molecular formula is C17H17FN2O3. The largest absolute Gasteiger partial charge is 0.456 e. The third kappa shape index (κ3) is 3.48. The van der Waals surface area contributed by atoms with Crippen molar-refractivity contribution in [3.05, 3.63) is 54.1 Å². The first-order chi connectivity index (χ1) is 11.2. The van der Waals surface area contributed by atoms with E-state index in [1.165, 1.54) is 18.3 Å². The average Bonchev–Trinajstić information content (AvgIpc) is 3.03. The lowest BCUT2D eigenvalue weighted by Crippen LogP contribution is -2.38. The molecule has 120 valence electrons. The number of benzene rings is 1. The molecule has 1 amide bonds. The lowest BCUT2D eigenvalue weighted by molar-refractivity contribution is 0.0671. The molecule has 1 fully saturated rings. The number of carbonyl (C=O) groups is 1. The molecule has 1 aromatic carbocycles. The molecule has 0 spiro atoms. The Morgan fingerprint density at radius 2 is 2.22 bits per heavy atom. The van der Waals surface area contributed by atoms with Gasteiger partial charge in [-0.1, -0.05) is 6.07 Å². The normalized spacial score (nSPS) is 17.3. The Balaban J connectivity index is 1.70. The van der Waals surface area contributed by atoms with E-state index in [4.69, 9.17) is 4.74 Å². The van der Waals surface area contributed by atoms with Crippen LogP contribution < -0.4 is 4.74 Å². The molecule has 1 N–H and O–H groups in total. The minimum Gasteiger partial charge on any atom is -0.456 e. The van der Waals surface area contributed by atoms with E-state index in [9.17, 15) is 14.3 Å². The molecule has 5 nitrogen and oxygen atoms in total. The van der Waals surface area contributed by atoms with Crippen LogP contribution in [0.4, 0.5) is 4.39 Å². The summed E-state index contributed by atoms with van der Waals surface area (Å²) in [6.45, 7) is 0.597. The van der Waals surface area contributed by atoms with Crippen LogP contribution in [0.25, 0.3) is 0 Å². The molecule has 3 rings (SSSR count). The Kier molecular flexibility index (Phi) is 4.52. The van der Waals surface area contributed by atoms with Crippen molar-refractivity contribution in [2.24, 2.45) is 0 Å². The SMILES string of the molecule is O=C(c1ccc(Oc2cccc(F)c2)cn1)N1CCC[C@H]1CO. The number of aliphatic hydroxyl groups is 1. The molecule has 6 heteroatoms. The summed E-state index contributed by atoms with van der Waals surface area (Å²) in [5.41, 5.74) is 0.303. The maximum Gasteiger partial charge on any atom is 0.272 e. The van der Waals surface area contributed by atoms with Gasteiger partial charge in [-0.2, -0.15) is 0 Å². The van der Waals surface area contributed by atoms with E-state index in [0.29, 0.717) is 23.7 Å². The third-order valence-electron chi connectivity index (χ3n) is 3.84. The van der Waals surface area contributed by atoms with Gasteiger partial charge in [0.15, 0.2) is 0 Å². The number of amides is 1. The van der Waals surface area contributed by atoms with Gasteiger partial charge in [0.2, 0.25) is 0 Å². The zero-order valence-corrected chi connectivity index (χ0v) is 12.5. The fraction of sp³-hybridized carbons (Fsp3) is 0.294. The van der Waals surface area contributed by atoms with Crippen molar-refractivity contribution in [3.8, 4) is 11.5 Å². The summed E-state index contributed by atoms with van der Waals surface area (Å²) in [4.78, 5) is 18.2. The summed E-state index contributed by atoms with van der Waals surface area (Å²) in [5.74, 6) is 0.211. The van der Waals surface area contributed by atoms with E-state index in [0.717, 1.165) is 12.8 Å². The number of hydrogen-bond acceptors (Lipinski definition) is 4. The highest BCUT2D eigenvalue weighted by Gasteiger charge is 2.29. The van der Waals surface area contributed by atoms with Gasteiger partial charge in [0.25, 0.3) is 5.91 Å². The summed E-state index contributed by atoms with van der Waals surface area (Å²) in [6, 6.07) is 8.86. The molecule has 2 heterocycles. The third-order valence-corrected chi connectivity index (χ3v) is 3.84. The molecule has 1 atom stereocenters. The number of nitrogens with zero attached hydrogens (tertiary/aromatic N) is 2. The van der Waals surface area contributed by atoms with E-state index < -0.39 is 0 Å². The van der Waals surface area contributed by atoms with Gasteiger partial charge in [-0.05, 0) is 37.1 Å². The second-order valence-corrected chi connectivity index (χ2v) is 5.42. The smallest absolute Gasteiger partial charge is 0.272 e. The van der Waals surface area contributed by atoms with Gasteiger partial charge < -0.3 is 14.7 Å². The van der Waals surface area contributed by atoms with Crippen LogP contribution in [0.15, 0.2) is 42.6 Å². The lowest BCUT2D eigenvalue weighted by atomic mass is 10.2. The van der Waals surface area contributed by atoms with Crippen LogP contribution in [-0.2, 0) is 0 Å². The Labute approximate surface area is 133 Å². The zero-order chi connectivity index (χ0) is 16.2. The predicted octanol–water partition coefficient (Wildman–Crippen LogP) is 2.61. The van der Waals surface area contributed by atoms with Crippen molar-refractivity contribution in [3.63, 3.8) is 0 Å². The number of carbonyl (C=O) groups excluding carboxylic acids is 1. The van der Waals surface area contributed by atoms with Gasteiger partial charge in [0.1, 0.15) is 23.0 Å². The summed E-state index contributed by atoms with van der Waals surface area (Å²) in [6.07, 6.45) is 3.13. The first-order valence-corrected chi connectivity index (χ1v) is 7.48. The van der Waals surface area contributed by atoms with Crippen molar-refractivity contribution >= 4 is 5.91 Å². The summed E-state index contributed by atoms with van der Waals surface area (Å²) >= 11 is 0. The number of pyridine rings is 1. The molecule has 0 unspecified atom stereocenters. The number of aliphatic hydroxyl groups excluding tert-OH is 1. The number of halogens is 1. The Bertz CT molecular complexity index is 690. The van der Waals surface area contributed by atoms with Gasteiger partial charge in [0, 0.05) is 12.6 Å². The van der Waals surface area contributed by atoms with Crippen LogP contribution >= 0.6 is 0 Å². The number of hydrogen-bond donors (Lipinski definition) is 1. The van der Waals surface area contributed by atoms with Crippen LogP contribution in [0.1, 0.15) is 23.3 Å². The molecule has 23 heavy (non-hydrogen) atoms. The number of rotatable bonds is 4. The summed E-state index contributed by atoms with van der Waals surface area (Å²) < 4.78 is 18.6. The highest BCUT2D eigenvalue weighted by molar-refractivity contribution is 5.92. The van der Waals surface area contributed by atoms with Crippen molar-refractivity contribution in [2.75, 3.05) is 13.2 Å². The van der Waals surface area contributed by atoms with E-state index in [1.54, 1.807) is 29.2 Å². The summed E-state index contributed by atoms with van der Waals surface area (Å²) in [5, 5.41) is 9.30. The molecule has 1 aliphatic heterocycles. The zero-order valence-electron chi connectivity index (χ0n) is 12.5. The van der Waals surface area contributed by atoms with Crippen LogP contribution in [0, 0.1) is 5.82 Å². The number of ether oxygens (including phenoxy) is 1.